The van der Waals surface area contributed by atoms with Crippen molar-refractivity contribution in [3.05, 3.63) is 59.3 Å². The lowest BCUT2D eigenvalue weighted by molar-refractivity contribution is -0.146. The zero-order valence-corrected chi connectivity index (χ0v) is 21.2. The molecule has 2 amide bonds. The molecule has 1 aliphatic heterocycles. The quantitative estimate of drug-likeness (QED) is 0.588. The number of aromatic nitrogens is 1. The summed E-state index contributed by atoms with van der Waals surface area (Å²) in [7, 11) is 0. The molecule has 0 atom stereocenters. The van der Waals surface area contributed by atoms with Crippen LogP contribution in [0.4, 0.5) is 5.82 Å². The minimum Gasteiger partial charge on any atom is -0.357 e. The van der Waals surface area contributed by atoms with Crippen molar-refractivity contribution in [3.8, 4) is 0 Å². The van der Waals surface area contributed by atoms with Gasteiger partial charge in [0, 0.05) is 43.4 Å². The first kappa shape index (κ1) is 23.5. The maximum atomic E-state index is 13.2. The molecular formula is C30H38N4O2. The Morgan fingerprint density at radius 2 is 1.42 bits per heavy atom. The average molecular weight is 487 g/mol. The Morgan fingerprint density at radius 3 is 2.03 bits per heavy atom. The number of anilines is 1. The fraction of sp³-hybridized carbons (Fsp3) is 0.567. The van der Waals surface area contributed by atoms with Crippen molar-refractivity contribution in [2.24, 2.45) is 23.2 Å². The van der Waals surface area contributed by atoms with Crippen molar-refractivity contribution in [1.82, 2.24) is 15.6 Å². The fourth-order valence-electron chi connectivity index (χ4n) is 7.65. The second-order valence-electron chi connectivity index (χ2n) is 11.8. The summed E-state index contributed by atoms with van der Waals surface area (Å²) in [6.45, 7) is 3.13. The van der Waals surface area contributed by atoms with Crippen LogP contribution in [-0.4, -0.2) is 29.9 Å². The lowest BCUT2D eigenvalue weighted by Crippen LogP contribution is -2.53. The van der Waals surface area contributed by atoms with Crippen LogP contribution < -0.4 is 15.5 Å². The number of rotatable bonds is 7. The minimum atomic E-state index is -0.116. The van der Waals surface area contributed by atoms with Crippen LogP contribution >= 0.6 is 0 Å². The zero-order valence-electron chi connectivity index (χ0n) is 21.2. The van der Waals surface area contributed by atoms with E-state index in [1.165, 1.54) is 38.5 Å². The number of amides is 2. The Labute approximate surface area is 214 Å². The Morgan fingerprint density at radius 1 is 0.806 bits per heavy atom. The van der Waals surface area contributed by atoms with Crippen LogP contribution in [0, 0.1) is 23.2 Å². The summed E-state index contributed by atoms with van der Waals surface area (Å²) in [5.41, 5.74) is 2.54. The fourth-order valence-corrected chi connectivity index (χ4v) is 7.65. The summed E-state index contributed by atoms with van der Waals surface area (Å²) >= 11 is 0. The van der Waals surface area contributed by atoms with Gasteiger partial charge in [-0.3, -0.25) is 9.59 Å². The third-order valence-electron chi connectivity index (χ3n) is 9.13. The molecule has 36 heavy (non-hydrogen) atoms. The summed E-state index contributed by atoms with van der Waals surface area (Å²) in [6, 6.07) is 11.7. The predicted molar refractivity (Wildman–Crippen MR) is 140 cm³/mol. The van der Waals surface area contributed by atoms with Gasteiger partial charge in [-0.05, 0) is 105 Å². The van der Waals surface area contributed by atoms with Crippen LogP contribution in [0.15, 0.2) is 42.6 Å². The number of carbonyl (C=O) groups is 2. The van der Waals surface area contributed by atoms with Crippen LogP contribution in [0.1, 0.15) is 79.3 Å². The molecule has 0 unspecified atom stereocenters. The van der Waals surface area contributed by atoms with Crippen molar-refractivity contribution >= 4 is 17.6 Å². The van der Waals surface area contributed by atoms with Gasteiger partial charge in [-0.15, -0.1) is 0 Å². The number of nitrogens with one attached hydrogen (secondary N) is 2. The van der Waals surface area contributed by atoms with Gasteiger partial charge in [-0.1, -0.05) is 18.2 Å². The highest BCUT2D eigenvalue weighted by Crippen LogP contribution is 2.60. The standard InChI is InChI=1S/C30H38N4O2/c35-28(32-20-22-6-9-27(31-19-22)34-10-2-1-3-11-34)26-7-4-21(5-8-26)18-33-29(36)30-15-23-12-24(16-30)14-25(13-23)17-30/h4-9,19,23-25H,1-3,10-18,20H2,(H,32,35)(H,33,36). The van der Waals surface area contributed by atoms with Gasteiger partial charge in [-0.2, -0.15) is 0 Å². The summed E-state index contributed by atoms with van der Waals surface area (Å²) in [5.74, 6) is 3.48. The molecule has 4 aliphatic carbocycles. The van der Waals surface area contributed by atoms with Gasteiger partial charge in [0.15, 0.2) is 0 Å². The summed E-state index contributed by atoms with van der Waals surface area (Å²) < 4.78 is 0. The maximum absolute atomic E-state index is 13.2. The van der Waals surface area contributed by atoms with Crippen molar-refractivity contribution in [2.45, 2.75) is 70.9 Å². The smallest absolute Gasteiger partial charge is 0.251 e. The molecular weight excluding hydrogens is 448 g/mol. The van der Waals surface area contributed by atoms with Gasteiger partial charge in [0.2, 0.25) is 5.91 Å². The largest absolute Gasteiger partial charge is 0.357 e. The van der Waals surface area contributed by atoms with E-state index < -0.39 is 0 Å². The number of piperidine rings is 1. The summed E-state index contributed by atoms with van der Waals surface area (Å²) in [4.78, 5) is 32.8. The third kappa shape index (κ3) is 4.87. The summed E-state index contributed by atoms with van der Waals surface area (Å²) in [5, 5.41) is 6.23. The highest BCUT2D eigenvalue weighted by atomic mass is 16.2. The molecule has 5 fully saturated rings. The molecule has 4 bridgehead atoms. The van der Waals surface area contributed by atoms with Gasteiger partial charge in [0.05, 0.1) is 0 Å². The average Bonchev–Trinajstić information content (AvgIpc) is 2.91. The van der Waals surface area contributed by atoms with E-state index in [-0.39, 0.29) is 17.2 Å². The molecule has 2 N–H and O–H groups in total. The molecule has 2 aromatic rings. The predicted octanol–water partition coefficient (Wildman–Crippen LogP) is 4.83. The molecule has 1 saturated heterocycles. The molecule has 1 aromatic carbocycles. The van der Waals surface area contributed by atoms with E-state index in [2.05, 4.69) is 26.6 Å². The third-order valence-corrected chi connectivity index (χ3v) is 9.13. The lowest BCUT2D eigenvalue weighted by atomic mass is 9.49. The number of carbonyl (C=O) groups excluding carboxylic acids is 2. The van der Waals surface area contributed by atoms with Gasteiger partial charge in [0.25, 0.3) is 5.91 Å². The first-order chi connectivity index (χ1) is 17.6. The van der Waals surface area contributed by atoms with Crippen LogP contribution in [-0.2, 0) is 17.9 Å². The monoisotopic (exact) mass is 486 g/mol. The van der Waals surface area contributed by atoms with Crippen molar-refractivity contribution in [3.63, 3.8) is 0 Å². The topological polar surface area (TPSA) is 74.3 Å². The summed E-state index contributed by atoms with van der Waals surface area (Å²) in [6.07, 6.45) is 12.9. The van der Waals surface area contributed by atoms with E-state index in [1.54, 1.807) is 0 Å². The van der Waals surface area contributed by atoms with Gasteiger partial charge >= 0.3 is 0 Å². The van der Waals surface area contributed by atoms with Crippen LogP contribution in [0.3, 0.4) is 0 Å². The molecule has 4 saturated carbocycles. The lowest BCUT2D eigenvalue weighted by Gasteiger charge is -2.55. The number of pyridine rings is 1. The van der Waals surface area contributed by atoms with Crippen molar-refractivity contribution < 1.29 is 9.59 Å². The zero-order chi connectivity index (χ0) is 24.5. The molecule has 7 rings (SSSR count). The number of hydrogen-bond donors (Lipinski definition) is 2. The number of hydrogen-bond acceptors (Lipinski definition) is 4. The van der Waals surface area contributed by atoms with Gasteiger partial charge < -0.3 is 15.5 Å². The van der Waals surface area contributed by atoms with E-state index in [1.807, 2.05) is 36.5 Å². The Hall–Kier alpha value is -2.89. The molecule has 2 heterocycles. The van der Waals surface area contributed by atoms with E-state index in [4.69, 9.17) is 0 Å². The van der Waals surface area contributed by atoms with Gasteiger partial charge in [0.1, 0.15) is 5.82 Å². The maximum Gasteiger partial charge on any atom is 0.251 e. The molecule has 6 nitrogen and oxygen atoms in total. The number of nitrogens with zero attached hydrogens (tertiary/aromatic N) is 2. The van der Waals surface area contributed by atoms with Crippen molar-refractivity contribution in [2.75, 3.05) is 18.0 Å². The second-order valence-corrected chi connectivity index (χ2v) is 11.8. The molecule has 0 radical (unpaired) electrons. The molecule has 6 heteroatoms. The van der Waals surface area contributed by atoms with E-state index >= 15 is 0 Å². The van der Waals surface area contributed by atoms with Crippen LogP contribution in [0.2, 0.25) is 0 Å². The Bertz CT molecular complexity index is 1050. The molecule has 0 spiro atoms. The SMILES string of the molecule is O=C(NCc1ccc(N2CCCCC2)nc1)c1ccc(CNC(=O)C23CC4CC(CC(C4)C2)C3)cc1. The van der Waals surface area contributed by atoms with E-state index in [0.29, 0.717) is 18.7 Å². The minimum absolute atomic E-state index is 0.0979. The van der Waals surface area contributed by atoms with E-state index in [0.717, 1.165) is 67.1 Å². The van der Waals surface area contributed by atoms with Crippen LogP contribution in [0.25, 0.3) is 0 Å². The first-order valence-corrected chi connectivity index (χ1v) is 13.9. The second kappa shape index (κ2) is 9.87. The number of benzene rings is 1. The highest BCUT2D eigenvalue weighted by molar-refractivity contribution is 5.94. The van der Waals surface area contributed by atoms with Gasteiger partial charge in [-0.25, -0.2) is 4.98 Å². The first-order valence-electron chi connectivity index (χ1n) is 13.9. The molecule has 1 aromatic heterocycles. The Balaban J connectivity index is 0.984. The van der Waals surface area contributed by atoms with Crippen LogP contribution in [0.5, 0.6) is 0 Å². The molecule has 5 aliphatic rings. The Kier molecular flexibility index (Phi) is 6.44. The highest BCUT2D eigenvalue weighted by Gasteiger charge is 2.54. The normalized spacial score (nSPS) is 28.7. The van der Waals surface area contributed by atoms with E-state index in [9.17, 15) is 9.59 Å². The molecule has 190 valence electrons. The van der Waals surface area contributed by atoms with Crippen molar-refractivity contribution in [1.29, 1.82) is 0 Å².